The summed E-state index contributed by atoms with van der Waals surface area (Å²) in [5, 5.41) is 4.31. The molecule has 0 N–H and O–H groups in total. The fourth-order valence-corrected chi connectivity index (χ4v) is 5.27. The summed E-state index contributed by atoms with van der Waals surface area (Å²) in [7, 11) is 0. The quantitative estimate of drug-likeness (QED) is 0.229. The van der Waals surface area contributed by atoms with E-state index < -0.39 is 11.7 Å². The third-order valence-corrected chi connectivity index (χ3v) is 7.32. The van der Waals surface area contributed by atoms with Gasteiger partial charge in [-0.1, -0.05) is 97.1 Å². The first-order valence-electron chi connectivity index (χ1n) is 12.7. The zero-order valence-electron chi connectivity index (χ0n) is 20.7. The van der Waals surface area contributed by atoms with Gasteiger partial charge in [-0.05, 0) is 68.9 Å². The van der Waals surface area contributed by atoms with Crippen molar-refractivity contribution in [2.45, 2.75) is 6.18 Å². The van der Waals surface area contributed by atoms with Crippen LogP contribution in [-0.4, -0.2) is 0 Å². The number of para-hydroxylation sites is 2. The van der Waals surface area contributed by atoms with E-state index in [-0.39, 0.29) is 0 Å². The first-order valence-corrected chi connectivity index (χ1v) is 12.7. The van der Waals surface area contributed by atoms with Crippen molar-refractivity contribution in [3.63, 3.8) is 0 Å². The number of benzene rings is 6. The number of hydrogen-bond acceptors (Lipinski definition) is 1. The van der Waals surface area contributed by atoms with Crippen LogP contribution >= 0.6 is 0 Å². The third kappa shape index (κ3) is 4.15. The van der Waals surface area contributed by atoms with Crippen molar-refractivity contribution >= 4 is 32.7 Å². The highest BCUT2D eigenvalue weighted by atomic mass is 19.4. The van der Waals surface area contributed by atoms with E-state index in [0.29, 0.717) is 0 Å². The first kappa shape index (κ1) is 23.3. The molecule has 0 saturated carbocycles. The molecule has 0 radical (unpaired) electrons. The Hall–Kier alpha value is -4.83. The van der Waals surface area contributed by atoms with Crippen LogP contribution in [-0.2, 0) is 6.18 Å². The Morgan fingerprint density at radius 2 is 1.03 bits per heavy atom. The van der Waals surface area contributed by atoms with Crippen molar-refractivity contribution in [1.29, 1.82) is 0 Å². The maximum Gasteiger partial charge on any atom is 0.416 e. The fourth-order valence-electron chi connectivity index (χ4n) is 5.27. The van der Waals surface area contributed by atoms with Gasteiger partial charge in [0.2, 0.25) is 0 Å². The molecule has 0 aliphatic carbocycles. The summed E-state index contributed by atoms with van der Waals surface area (Å²) < 4.78 is 45.1. The zero-order chi connectivity index (χ0) is 26.6. The highest BCUT2D eigenvalue weighted by Crippen LogP contribution is 2.37. The number of fused-ring (bicyclic) bond motifs is 4. The molecule has 0 spiro atoms. The first-order chi connectivity index (χ1) is 18.9. The Balaban J connectivity index is 1.23. The molecule has 0 saturated heterocycles. The van der Waals surface area contributed by atoms with E-state index in [1.807, 2.05) is 36.4 Å². The van der Waals surface area contributed by atoms with Gasteiger partial charge in [0.15, 0.2) is 0 Å². The van der Waals surface area contributed by atoms with E-state index in [1.165, 1.54) is 12.1 Å². The molecule has 7 aromatic rings. The summed E-state index contributed by atoms with van der Waals surface area (Å²) in [6.45, 7) is 0. The predicted molar refractivity (Wildman–Crippen MR) is 153 cm³/mol. The molecule has 39 heavy (non-hydrogen) atoms. The second-order valence-electron chi connectivity index (χ2n) is 9.71. The highest BCUT2D eigenvalue weighted by Gasteiger charge is 2.30. The van der Waals surface area contributed by atoms with Crippen molar-refractivity contribution in [2.24, 2.45) is 0 Å². The number of hydrogen-bond donors (Lipinski definition) is 0. The minimum absolute atomic E-state index is 0.644. The molecule has 0 atom stereocenters. The minimum atomic E-state index is -4.34. The van der Waals surface area contributed by atoms with Crippen LogP contribution in [0.1, 0.15) is 5.56 Å². The van der Waals surface area contributed by atoms with Gasteiger partial charge in [0, 0.05) is 16.3 Å². The molecular formula is C35H21F3O. The Bertz CT molecular complexity index is 1980. The third-order valence-electron chi connectivity index (χ3n) is 7.32. The molecular weight excluding hydrogens is 493 g/mol. The van der Waals surface area contributed by atoms with Crippen molar-refractivity contribution in [3.8, 4) is 33.4 Å². The maximum absolute atomic E-state index is 13.0. The van der Waals surface area contributed by atoms with Crippen LogP contribution in [0.3, 0.4) is 0 Å². The average Bonchev–Trinajstić information content (AvgIpc) is 3.35. The van der Waals surface area contributed by atoms with Gasteiger partial charge in [0.25, 0.3) is 0 Å². The van der Waals surface area contributed by atoms with Crippen LogP contribution in [0.4, 0.5) is 13.2 Å². The molecule has 0 aliphatic heterocycles. The lowest BCUT2D eigenvalue weighted by atomic mass is 9.96. The van der Waals surface area contributed by atoms with Crippen LogP contribution in [0.5, 0.6) is 0 Å². The molecule has 188 valence electrons. The monoisotopic (exact) mass is 514 g/mol. The van der Waals surface area contributed by atoms with E-state index in [1.54, 1.807) is 0 Å². The topological polar surface area (TPSA) is 13.1 Å². The summed E-state index contributed by atoms with van der Waals surface area (Å²) >= 11 is 0. The standard InChI is InChI=1S/C35H21F3O/c36-35(37,38)29-18-16-23(17-19-29)27-15-11-24-10-14-26(20-28(24)21-27)22-8-12-25(13-9-22)30-5-3-6-32-31-4-1-2-7-33(31)39-34(30)32/h1-21H. The van der Waals surface area contributed by atoms with E-state index >= 15 is 0 Å². The Morgan fingerprint density at radius 3 is 1.69 bits per heavy atom. The van der Waals surface area contributed by atoms with E-state index in [0.717, 1.165) is 78.2 Å². The van der Waals surface area contributed by atoms with Crippen molar-refractivity contribution in [2.75, 3.05) is 0 Å². The molecule has 6 aromatic carbocycles. The largest absolute Gasteiger partial charge is 0.455 e. The molecule has 4 heteroatoms. The van der Waals surface area contributed by atoms with Gasteiger partial charge in [-0.3, -0.25) is 0 Å². The van der Waals surface area contributed by atoms with Crippen LogP contribution in [0.25, 0.3) is 66.1 Å². The van der Waals surface area contributed by atoms with Gasteiger partial charge in [0.1, 0.15) is 11.2 Å². The Morgan fingerprint density at radius 1 is 0.462 bits per heavy atom. The Labute approximate surface area is 222 Å². The SMILES string of the molecule is FC(F)(F)c1ccc(-c2ccc3ccc(-c4ccc(-c5cccc6c5oc5ccccc56)cc4)cc3c2)cc1. The predicted octanol–water partition coefficient (Wildman–Crippen LogP) is 10.8. The lowest BCUT2D eigenvalue weighted by Gasteiger charge is -2.10. The van der Waals surface area contributed by atoms with E-state index in [9.17, 15) is 13.2 Å². The van der Waals surface area contributed by atoms with Crippen LogP contribution in [0.15, 0.2) is 132 Å². The van der Waals surface area contributed by atoms with Gasteiger partial charge in [0.05, 0.1) is 5.56 Å². The summed E-state index contributed by atoms with van der Waals surface area (Å²) in [6, 6.07) is 40.3. The summed E-state index contributed by atoms with van der Waals surface area (Å²) in [5.41, 5.74) is 7.02. The highest BCUT2D eigenvalue weighted by molar-refractivity contribution is 6.09. The van der Waals surface area contributed by atoms with Crippen LogP contribution in [0.2, 0.25) is 0 Å². The molecule has 0 unspecified atom stereocenters. The van der Waals surface area contributed by atoms with Gasteiger partial charge >= 0.3 is 6.18 Å². The second kappa shape index (κ2) is 8.88. The lowest BCUT2D eigenvalue weighted by Crippen LogP contribution is -2.03. The molecule has 0 amide bonds. The smallest absolute Gasteiger partial charge is 0.416 e. The zero-order valence-corrected chi connectivity index (χ0v) is 20.7. The van der Waals surface area contributed by atoms with Crippen LogP contribution < -0.4 is 0 Å². The summed E-state index contributed by atoms with van der Waals surface area (Å²) in [6.07, 6.45) is -4.34. The van der Waals surface area contributed by atoms with E-state index in [2.05, 4.69) is 66.7 Å². The van der Waals surface area contributed by atoms with Gasteiger partial charge in [-0.2, -0.15) is 13.2 Å². The molecule has 1 nitrogen and oxygen atoms in total. The molecule has 0 aliphatic rings. The Kier molecular flexibility index (Phi) is 5.31. The van der Waals surface area contributed by atoms with Crippen molar-refractivity contribution in [3.05, 3.63) is 133 Å². The molecule has 0 fully saturated rings. The summed E-state index contributed by atoms with van der Waals surface area (Å²) in [4.78, 5) is 0. The number of rotatable bonds is 3. The minimum Gasteiger partial charge on any atom is -0.455 e. The normalized spacial score (nSPS) is 12.0. The second-order valence-corrected chi connectivity index (χ2v) is 9.71. The average molecular weight is 515 g/mol. The van der Waals surface area contributed by atoms with Gasteiger partial charge in [-0.15, -0.1) is 0 Å². The van der Waals surface area contributed by atoms with Crippen molar-refractivity contribution < 1.29 is 17.6 Å². The molecule has 1 aromatic heterocycles. The van der Waals surface area contributed by atoms with Gasteiger partial charge in [-0.25, -0.2) is 0 Å². The fraction of sp³-hybridized carbons (Fsp3) is 0.0286. The van der Waals surface area contributed by atoms with Gasteiger partial charge < -0.3 is 4.42 Å². The number of alkyl halides is 3. The molecule has 7 rings (SSSR count). The van der Waals surface area contributed by atoms with E-state index in [4.69, 9.17) is 4.42 Å². The maximum atomic E-state index is 13.0. The lowest BCUT2D eigenvalue weighted by molar-refractivity contribution is -0.137. The molecule has 1 heterocycles. The summed E-state index contributed by atoms with van der Waals surface area (Å²) in [5.74, 6) is 0. The number of furan rings is 1. The number of halogens is 3. The van der Waals surface area contributed by atoms with Crippen molar-refractivity contribution in [1.82, 2.24) is 0 Å². The molecule has 0 bridgehead atoms. The van der Waals surface area contributed by atoms with Crippen LogP contribution in [0, 0.1) is 0 Å².